The second-order valence-electron chi connectivity index (χ2n) is 9.86. The molecule has 33 heavy (non-hydrogen) atoms. The zero-order valence-corrected chi connectivity index (χ0v) is 18.8. The molecule has 9 heteroatoms. The second-order valence-corrected chi connectivity index (χ2v) is 9.86. The third-order valence-electron chi connectivity index (χ3n) is 7.84. The molecule has 0 spiro atoms. The Morgan fingerprint density at radius 3 is 2.33 bits per heavy atom. The van der Waals surface area contributed by atoms with E-state index in [4.69, 9.17) is 9.47 Å². The summed E-state index contributed by atoms with van der Waals surface area (Å²) in [6.45, 7) is 1.70. The van der Waals surface area contributed by atoms with Crippen LogP contribution in [0.4, 0.5) is 4.39 Å². The predicted molar refractivity (Wildman–Crippen MR) is 115 cm³/mol. The van der Waals surface area contributed by atoms with Gasteiger partial charge in [-0.25, -0.2) is 4.39 Å². The summed E-state index contributed by atoms with van der Waals surface area (Å²) in [7, 11) is 1.33. The van der Waals surface area contributed by atoms with Crippen molar-refractivity contribution in [3.8, 4) is 11.5 Å². The highest BCUT2D eigenvalue weighted by atomic mass is 19.1. The maximum atomic E-state index is 14.7. The van der Waals surface area contributed by atoms with Crippen LogP contribution in [0.1, 0.15) is 62.2 Å². The number of hydrogen-bond donors (Lipinski definition) is 3. The molecule has 8 nitrogen and oxygen atoms in total. The zero-order valence-electron chi connectivity index (χ0n) is 18.8. The van der Waals surface area contributed by atoms with Gasteiger partial charge in [0, 0.05) is 12.1 Å². The smallest absolute Gasteiger partial charge is 0.309 e. The quantitative estimate of drug-likeness (QED) is 0.566. The molecule has 3 aliphatic carbocycles. The van der Waals surface area contributed by atoms with Crippen LogP contribution in [0.5, 0.6) is 11.5 Å². The average molecular weight is 464 g/mol. The summed E-state index contributed by atoms with van der Waals surface area (Å²) >= 11 is 0. The van der Waals surface area contributed by atoms with Crippen LogP contribution in [0.15, 0.2) is 12.1 Å². The number of nitrogens with one attached hydrogen (secondary N) is 1. The van der Waals surface area contributed by atoms with Crippen LogP contribution in [-0.4, -0.2) is 47.3 Å². The van der Waals surface area contributed by atoms with Gasteiger partial charge in [0.1, 0.15) is 5.75 Å². The molecule has 3 aliphatic rings. The molecule has 0 heterocycles. The van der Waals surface area contributed by atoms with Crippen LogP contribution in [0.2, 0.25) is 0 Å². The molecule has 0 saturated heterocycles. The maximum absolute atomic E-state index is 14.7. The maximum Gasteiger partial charge on any atom is 0.309 e. The summed E-state index contributed by atoms with van der Waals surface area (Å²) in [5.74, 6) is -3.48. The number of halogens is 1. The van der Waals surface area contributed by atoms with Gasteiger partial charge in [-0.15, -0.1) is 0 Å². The number of rotatable bonds is 7. The van der Waals surface area contributed by atoms with E-state index < -0.39 is 41.0 Å². The number of fused-ring (bicyclic) bond motifs is 2. The van der Waals surface area contributed by atoms with E-state index in [1.807, 2.05) is 0 Å². The van der Waals surface area contributed by atoms with Crippen LogP contribution in [0, 0.1) is 29.0 Å². The fourth-order valence-corrected chi connectivity index (χ4v) is 5.79. The lowest BCUT2D eigenvalue weighted by molar-refractivity contribution is -0.150. The summed E-state index contributed by atoms with van der Waals surface area (Å²) < 4.78 is 25.7. The van der Waals surface area contributed by atoms with Gasteiger partial charge in [0.2, 0.25) is 0 Å². The molecule has 0 aliphatic heterocycles. The predicted octanol–water partition coefficient (Wildman–Crippen LogP) is 3.48. The summed E-state index contributed by atoms with van der Waals surface area (Å²) in [6.07, 6.45) is 3.91. The number of carbonyl (C=O) groups is 3. The zero-order chi connectivity index (χ0) is 23.9. The SMILES string of the molecule is COc1cc(F)c(OC2CCC(C)(C(=O)O)CC2)cc1C(=O)N[C@@H]1[C@H]2CC[C@H](C2)[C@@H]1C(=O)O. The lowest BCUT2D eigenvalue weighted by Crippen LogP contribution is -2.46. The Hall–Kier alpha value is -2.84. The van der Waals surface area contributed by atoms with E-state index >= 15 is 0 Å². The Kier molecular flexibility index (Phi) is 6.24. The van der Waals surface area contributed by atoms with Gasteiger partial charge in [-0.2, -0.15) is 0 Å². The van der Waals surface area contributed by atoms with Crippen molar-refractivity contribution in [2.75, 3.05) is 7.11 Å². The lowest BCUT2D eigenvalue weighted by atomic mass is 9.75. The van der Waals surface area contributed by atoms with E-state index in [1.165, 1.54) is 13.2 Å². The van der Waals surface area contributed by atoms with Crippen LogP contribution in [0.25, 0.3) is 0 Å². The molecule has 1 aromatic rings. The highest BCUT2D eigenvalue weighted by Gasteiger charge is 2.51. The van der Waals surface area contributed by atoms with Crippen molar-refractivity contribution in [3.63, 3.8) is 0 Å². The van der Waals surface area contributed by atoms with Crippen molar-refractivity contribution in [2.45, 2.75) is 64.0 Å². The summed E-state index contributed by atoms with van der Waals surface area (Å²) in [5.41, 5.74) is -0.739. The number of hydrogen-bond acceptors (Lipinski definition) is 5. The minimum Gasteiger partial charge on any atom is -0.496 e. The first-order valence-electron chi connectivity index (χ1n) is 11.4. The standard InChI is InChI=1S/C24H30FNO7/c1-24(23(30)31)7-5-14(6-8-24)33-18-10-15(17(32-2)11-16(18)25)21(27)26-20-13-4-3-12(9-13)19(20)22(28)29/h10-14,19-20H,3-9H2,1-2H3,(H,26,27)(H,28,29)(H,30,31)/t12-,13+,14?,19+,20-,24?/m1/s1. The Morgan fingerprint density at radius 2 is 1.73 bits per heavy atom. The van der Waals surface area contributed by atoms with Crippen LogP contribution < -0.4 is 14.8 Å². The number of carbonyl (C=O) groups excluding carboxylic acids is 1. The first-order valence-corrected chi connectivity index (χ1v) is 11.4. The molecule has 3 saturated carbocycles. The van der Waals surface area contributed by atoms with Gasteiger partial charge in [0.15, 0.2) is 11.6 Å². The second kappa shape index (κ2) is 8.83. The van der Waals surface area contributed by atoms with Gasteiger partial charge >= 0.3 is 11.9 Å². The number of carboxylic acids is 2. The number of benzene rings is 1. The molecule has 3 fully saturated rings. The molecule has 4 rings (SSSR count). The minimum atomic E-state index is -0.909. The highest BCUT2D eigenvalue weighted by molar-refractivity contribution is 5.98. The molecule has 2 bridgehead atoms. The monoisotopic (exact) mass is 463 g/mol. The minimum absolute atomic E-state index is 0.0366. The van der Waals surface area contributed by atoms with E-state index in [-0.39, 0.29) is 35.0 Å². The fraction of sp³-hybridized carbons (Fsp3) is 0.625. The lowest BCUT2D eigenvalue weighted by Gasteiger charge is -2.34. The number of amides is 1. The fourth-order valence-electron chi connectivity index (χ4n) is 5.79. The Morgan fingerprint density at radius 1 is 1.06 bits per heavy atom. The number of aliphatic carboxylic acids is 2. The van der Waals surface area contributed by atoms with Gasteiger partial charge < -0.3 is 25.0 Å². The van der Waals surface area contributed by atoms with Gasteiger partial charge in [-0.3, -0.25) is 14.4 Å². The van der Waals surface area contributed by atoms with Crippen molar-refractivity contribution < 1.29 is 38.5 Å². The first-order chi connectivity index (χ1) is 15.6. The Bertz CT molecular complexity index is 956. The molecular weight excluding hydrogens is 433 g/mol. The van der Waals surface area contributed by atoms with E-state index in [0.717, 1.165) is 25.3 Å². The number of carboxylic acid groups (broad SMARTS) is 2. The largest absolute Gasteiger partial charge is 0.496 e. The van der Waals surface area contributed by atoms with E-state index in [2.05, 4.69) is 5.32 Å². The molecule has 0 radical (unpaired) electrons. The molecule has 0 aromatic heterocycles. The first kappa shape index (κ1) is 23.3. The van der Waals surface area contributed by atoms with E-state index in [9.17, 15) is 29.0 Å². The molecule has 4 atom stereocenters. The topological polar surface area (TPSA) is 122 Å². The molecule has 3 N–H and O–H groups in total. The number of methoxy groups -OCH3 is 1. The van der Waals surface area contributed by atoms with Crippen molar-refractivity contribution in [3.05, 3.63) is 23.5 Å². The molecular formula is C24H30FNO7. The van der Waals surface area contributed by atoms with Crippen molar-refractivity contribution in [2.24, 2.45) is 23.2 Å². The van der Waals surface area contributed by atoms with Crippen LogP contribution >= 0.6 is 0 Å². The van der Waals surface area contributed by atoms with Crippen molar-refractivity contribution in [1.29, 1.82) is 0 Å². The van der Waals surface area contributed by atoms with Crippen molar-refractivity contribution in [1.82, 2.24) is 5.32 Å². The molecule has 180 valence electrons. The third-order valence-corrected chi connectivity index (χ3v) is 7.84. The summed E-state index contributed by atoms with van der Waals surface area (Å²) in [6, 6.07) is 1.90. The molecule has 0 unspecified atom stereocenters. The van der Waals surface area contributed by atoms with Gasteiger partial charge in [-0.05, 0) is 69.8 Å². The highest BCUT2D eigenvalue weighted by Crippen LogP contribution is 2.49. The number of ether oxygens (including phenoxy) is 2. The van der Waals surface area contributed by atoms with Gasteiger partial charge in [0.25, 0.3) is 5.91 Å². The van der Waals surface area contributed by atoms with E-state index in [0.29, 0.717) is 25.7 Å². The molecule has 1 aromatic carbocycles. The average Bonchev–Trinajstić information content (AvgIpc) is 3.38. The Labute approximate surface area is 191 Å². The van der Waals surface area contributed by atoms with Gasteiger partial charge in [0.05, 0.1) is 30.1 Å². The van der Waals surface area contributed by atoms with Crippen LogP contribution in [-0.2, 0) is 9.59 Å². The summed E-state index contributed by atoms with van der Waals surface area (Å²) in [5, 5.41) is 21.9. The van der Waals surface area contributed by atoms with E-state index in [1.54, 1.807) is 6.92 Å². The summed E-state index contributed by atoms with van der Waals surface area (Å²) in [4.78, 5) is 36.3. The van der Waals surface area contributed by atoms with Crippen LogP contribution in [0.3, 0.4) is 0 Å². The third kappa shape index (κ3) is 4.37. The van der Waals surface area contributed by atoms with Crippen molar-refractivity contribution >= 4 is 17.8 Å². The Balaban J connectivity index is 1.50. The molecule has 1 amide bonds. The van der Waals surface area contributed by atoms with Gasteiger partial charge in [-0.1, -0.05) is 0 Å². The normalized spacial score (nSPS) is 32.9.